The lowest BCUT2D eigenvalue weighted by Gasteiger charge is -2.37. The Morgan fingerprint density at radius 2 is 1.72 bits per heavy atom. The minimum atomic E-state index is -3.68. The summed E-state index contributed by atoms with van der Waals surface area (Å²) in [5.41, 5.74) is 1.65. The maximum absolute atomic E-state index is 13.4. The molecular formula is C24H25N3O4S. The molecule has 1 amide bonds. The first-order valence-corrected chi connectivity index (χ1v) is 12.3. The van der Waals surface area contributed by atoms with Crippen LogP contribution in [-0.4, -0.2) is 60.5 Å². The molecule has 0 spiro atoms. The van der Waals surface area contributed by atoms with Gasteiger partial charge in [-0.05, 0) is 37.0 Å². The van der Waals surface area contributed by atoms with E-state index in [0.717, 1.165) is 17.4 Å². The zero-order valence-electron chi connectivity index (χ0n) is 17.6. The van der Waals surface area contributed by atoms with Crippen LogP contribution in [0, 0.1) is 0 Å². The summed E-state index contributed by atoms with van der Waals surface area (Å²) in [5, 5.41) is 0.798. The van der Waals surface area contributed by atoms with Crippen LogP contribution in [-0.2, 0) is 21.2 Å². The summed E-state index contributed by atoms with van der Waals surface area (Å²) in [7, 11) is -3.68. The van der Waals surface area contributed by atoms with Gasteiger partial charge in [0, 0.05) is 30.7 Å². The lowest BCUT2D eigenvalue weighted by molar-refractivity contribution is 0.125. The molecule has 2 aliphatic heterocycles. The molecule has 3 heterocycles. The van der Waals surface area contributed by atoms with Crippen LogP contribution in [0.5, 0.6) is 0 Å². The van der Waals surface area contributed by atoms with E-state index in [0.29, 0.717) is 38.1 Å². The van der Waals surface area contributed by atoms with Gasteiger partial charge in [0.2, 0.25) is 10.0 Å². The molecule has 1 atom stereocenters. The number of sulfonamides is 1. The number of rotatable bonds is 5. The van der Waals surface area contributed by atoms with Crippen molar-refractivity contribution >= 4 is 27.0 Å². The van der Waals surface area contributed by atoms with Gasteiger partial charge in [-0.3, -0.25) is 9.88 Å². The van der Waals surface area contributed by atoms with E-state index in [1.807, 2.05) is 47.4 Å². The maximum atomic E-state index is 13.4. The first-order chi connectivity index (χ1) is 15.5. The van der Waals surface area contributed by atoms with Crippen molar-refractivity contribution in [1.29, 1.82) is 0 Å². The Kier molecular flexibility index (Phi) is 5.57. The normalized spacial score (nSPS) is 20.6. The molecule has 2 fully saturated rings. The van der Waals surface area contributed by atoms with Gasteiger partial charge >= 0.3 is 6.09 Å². The standard InChI is InChI=1S/C24H25N3O4S/c28-24-27(21(17-31-24)16-18-6-2-1-3-7-18)20-11-14-26(15-12-20)32(29,30)22-10-4-8-19-9-5-13-25-23(19)22/h1-10,13,20-21H,11-12,14-17H2. The fourth-order valence-corrected chi connectivity index (χ4v) is 6.38. The number of aromatic nitrogens is 1. The number of carbonyl (C=O) groups excluding carboxylic acids is 1. The highest BCUT2D eigenvalue weighted by Gasteiger charge is 2.41. The number of para-hydroxylation sites is 1. The molecule has 0 saturated carbocycles. The largest absolute Gasteiger partial charge is 0.447 e. The fraction of sp³-hybridized carbons (Fsp3) is 0.333. The maximum Gasteiger partial charge on any atom is 0.410 e. The number of fused-ring (bicyclic) bond motifs is 1. The number of ether oxygens (including phenoxy) is 1. The van der Waals surface area contributed by atoms with Crippen molar-refractivity contribution in [2.45, 2.75) is 36.2 Å². The topological polar surface area (TPSA) is 79.8 Å². The van der Waals surface area contributed by atoms with Crippen LogP contribution < -0.4 is 0 Å². The lowest BCUT2D eigenvalue weighted by atomic mass is 10.00. The molecular weight excluding hydrogens is 426 g/mol. The highest BCUT2D eigenvalue weighted by Crippen LogP contribution is 2.30. The summed E-state index contributed by atoms with van der Waals surface area (Å²) >= 11 is 0. The fourth-order valence-electron chi connectivity index (χ4n) is 4.75. The summed E-state index contributed by atoms with van der Waals surface area (Å²) in [6.07, 6.45) is 3.20. The molecule has 1 aromatic heterocycles. The Bertz CT molecular complexity index is 1220. The molecule has 0 radical (unpaired) electrons. The zero-order valence-corrected chi connectivity index (χ0v) is 18.4. The van der Waals surface area contributed by atoms with Crippen LogP contribution in [0.1, 0.15) is 18.4 Å². The molecule has 8 heteroatoms. The summed E-state index contributed by atoms with van der Waals surface area (Å²) in [6.45, 7) is 1.09. The SMILES string of the molecule is O=C1OCC(Cc2ccccc2)N1C1CCN(S(=O)(=O)c2cccc3cccnc23)CC1. The number of nitrogens with zero attached hydrogens (tertiary/aromatic N) is 3. The van der Waals surface area contributed by atoms with Crippen molar-refractivity contribution in [2.75, 3.05) is 19.7 Å². The lowest BCUT2D eigenvalue weighted by Crippen LogP contribution is -2.50. The Morgan fingerprint density at radius 3 is 2.50 bits per heavy atom. The van der Waals surface area contributed by atoms with E-state index in [9.17, 15) is 13.2 Å². The molecule has 2 saturated heterocycles. The first-order valence-electron chi connectivity index (χ1n) is 10.9. The quantitative estimate of drug-likeness (QED) is 0.594. The molecule has 32 heavy (non-hydrogen) atoms. The minimum absolute atomic E-state index is 0.0275. The van der Waals surface area contributed by atoms with Gasteiger partial charge in [0.15, 0.2) is 0 Å². The molecule has 0 bridgehead atoms. The number of hydrogen-bond acceptors (Lipinski definition) is 5. The monoisotopic (exact) mass is 451 g/mol. The molecule has 7 nitrogen and oxygen atoms in total. The van der Waals surface area contributed by atoms with Crippen LogP contribution in [0.2, 0.25) is 0 Å². The van der Waals surface area contributed by atoms with Crippen LogP contribution in [0.3, 0.4) is 0 Å². The predicted molar refractivity (Wildman–Crippen MR) is 121 cm³/mol. The number of cyclic esters (lactones) is 1. The van der Waals surface area contributed by atoms with Crippen LogP contribution in [0.15, 0.2) is 71.8 Å². The first kappa shape index (κ1) is 20.9. The number of amides is 1. The Labute approximate surface area is 187 Å². The third-order valence-corrected chi connectivity index (χ3v) is 8.28. The third kappa shape index (κ3) is 3.84. The second-order valence-electron chi connectivity index (χ2n) is 8.29. The van der Waals surface area contributed by atoms with Gasteiger partial charge in [0.25, 0.3) is 0 Å². The average Bonchev–Trinajstić information content (AvgIpc) is 3.19. The number of benzene rings is 2. The van der Waals surface area contributed by atoms with E-state index < -0.39 is 10.0 Å². The third-order valence-electron chi connectivity index (χ3n) is 6.35. The van der Waals surface area contributed by atoms with E-state index in [-0.39, 0.29) is 23.1 Å². The Balaban J connectivity index is 1.31. The molecule has 0 aliphatic carbocycles. The van der Waals surface area contributed by atoms with E-state index >= 15 is 0 Å². The highest BCUT2D eigenvalue weighted by atomic mass is 32.2. The van der Waals surface area contributed by atoms with Crippen LogP contribution in [0.25, 0.3) is 10.9 Å². The second-order valence-corrected chi connectivity index (χ2v) is 10.2. The van der Waals surface area contributed by atoms with Gasteiger partial charge in [0.1, 0.15) is 11.5 Å². The summed E-state index contributed by atoms with van der Waals surface area (Å²) < 4.78 is 33.6. The minimum Gasteiger partial charge on any atom is -0.447 e. The Hall–Kier alpha value is -2.97. The summed E-state index contributed by atoms with van der Waals surface area (Å²) in [4.78, 5) is 18.9. The molecule has 166 valence electrons. The van der Waals surface area contributed by atoms with Crippen molar-refractivity contribution in [3.05, 3.63) is 72.4 Å². The van der Waals surface area contributed by atoms with Crippen molar-refractivity contribution in [1.82, 2.24) is 14.2 Å². The van der Waals surface area contributed by atoms with Gasteiger partial charge in [-0.1, -0.05) is 48.5 Å². The van der Waals surface area contributed by atoms with E-state index in [2.05, 4.69) is 4.98 Å². The molecule has 2 aromatic carbocycles. The Morgan fingerprint density at radius 1 is 0.969 bits per heavy atom. The molecule has 1 unspecified atom stereocenters. The van der Waals surface area contributed by atoms with Crippen LogP contribution in [0.4, 0.5) is 4.79 Å². The van der Waals surface area contributed by atoms with Gasteiger partial charge in [-0.15, -0.1) is 0 Å². The molecule has 3 aromatic rings. The predicted octanol–water partition coefficient (Wildman–Crippen LogP) is 3.45. The van der Waals surface area contributed by atoms with Gasteiger partial charge in [-0.2, -0.15) is 4.31 Å². The van der Waals surface area contributed by atoms with Gasteiger partial charge in [-0.25, -0.2) is 13.2 Å². The molecule has 0 N–H and O–H groups in total. The van der Waals surface area contributed by atoms with Crippen molar-refractivity contribution in [3.8, 4) is 0 Å². The smallest absolute Gasteiger partial charge is 0.410 e. The number of pyridine rings is 1. The van der Waals surface area contributed by atoms with Crippen molar-refractivity contribution < 1.29 is 17.9 Å². The van der Waals surface area contributed by atoms with E-state index in [4.69, 9.17) is 4.74 Å². The zero-order chi connectivity index (χ0) is 22.1. The van der Waals surface area contributed by atoms with Crippen molar-refractivity contribution in [2.24, 2.45) is 0 Å². The van der Waals surface area contributed by atoms with Gasteiger partial charge in [0.05, 0.1) is 11.6 Å². The molecule has 5 rings (SSSR count). The summed E-state index contributed by atoms with van der Waals surface area (Å²) in [5.74, 6) is 0. The highest BCUT2D eigenvalue weighted by molar-refractivity contribution is 7.89. The molecule has 2 aliphatic rings. The second kappa shape index (κ2) is 8.52. The van der Waals surface area contributed by atoms with E-state index in [1.165, 1.54) is 4.31 Å². The van der Waals surface area contributed by atoms with E-state index in [1.54, 1.807) is 24.4 Å². The summed E-state index contributed by atoms with van der Waals surface area (Å²) in [6, 6.07) is 18.9. The van der Waals surface area contributed by atoms with Gasteiger partial charge < -0.3 is 4.74 Å². The average molecular weight is 452 g/mol. The van der Waals surface area contributed by atoms with Crippen LogP contribution >= 0.6 is 0 Å². The number of piperidine rings is 1. The number of hydrogen-bond donors (Lipinski definition) is 0. The number of carbonyl (C=O) groups is 1. The van der Waals surface area contributed by atoms with Crippen molar-refractivity contribution in [3.63, 3.8) is 0 Å².